The van der Waals surface area contributed by atoms with Gasteiger partial charge in [-0.25, -0.2) is 0 Å². The zero-order chi connectivity index (χ0) is 21.3. The fourth-order valence-electron chi connectivity index (χ4n) is 2.97. The summed E-state index contributed by atoms with van der Waals surface area (Å²) in [5, 5.41) is 20.5. The van der Waals surface area contributed by atoms with E-state index in [-0.39, 0.29) is 28.6 Å². The highest BCUT2D eigenvalue weighted by Gasteiger charge is 2.23. The van der Waals surface area contributed by atoms with E-state index in [2.05, 4.69) is 13.0 Å². The Morgan fingerprint density at radius 1 is 1.07 bits per heavy atom. The molecule has 154 valence electrons. The molecule has 0 atom stereocenters. The first-order valence-corrected chi connectivity index (χ1v) is 9.78. The Morgan fingerprint density at radius 2 is 1.75 bits per heavy atom. The van der Waals surface area contributed by atoms with E-state index >= 15 is 0 Å². The van der Waals surface area contributed by atoms with Crippen LogP contribution in [0.15, 0.2) is 29.4 Å². The number of carbonyl (C=O) groups is 2. The van der Waals surface area contributed by atoms with E-state index < -0.39 is 5.97 Å². The lowest BCUT2D eigenvalue weighted by atomic mass is 9.94. The number of phenolic OH excluding ortho intramolecular Hbond substituents is 2. The molecule has 1 aromatic rings. The summed E-state index contributed by atoms with van der Waals surface area (Å²) >= 11 is 0. The molecule has 0 aliphatic carbocycles. The van der Waals surface area contributed by atoms with Crippen molar-refractivity contribution in [2.24, 2.45) is 0 Å². The van der Waals surface area contributed by atoms with Crippen LogP contribution < -0.4 is 4.74 Å². The lowest BCUT2D eigenvalue weighted by Crippen LogP contribution is -2.09. The third-order valence-corrected chi connectivity index (χ3v) is 4.33. The van der Waals surface area contributed by atoms with E-state index in [9.17, 15) is 19.8 Å². The minimum absolute atomic E-state index is 0.0413. The largest absolute Gasteiger partial charge is 0.507 e. The monoisotopic (exact) mass is 388 g/mol. The van der Waals surface area contributed by atoms with Crippen molar-refractivity contribution in [2.75, 3.05) is 0 Å². The lowest BCUT2D eigenvalue weighted by molar-refractivity contribution is -0.132. The van der Waals surface area contributed by atoms with Crippen molar-refractivity contribution < 1.29 is 24.5 Å². The highest BCUT2D eigenvalue weighted by Crippen LogP contribution is 2.40. The third kappa shape index (κ3) is 7.22. The van der Waals surface area contributed by atoms with Crippen LogP contribution >= 0.6 is 0 Å². The number of hydrogen-bond donors (Lipinski definition) is 2. The van der Waals surface area contributed by atoms with Crippen molar-refractivity contribution in [1.82, 2.24) is 0 Å². The highest BCUT2D eigenvalue weighted by molar-refractivity contribution is 6.08. The van der Waals surface area contributed by atoms with E-state index in [1.165, 1.54) is 18.6 Å². The molecule has 0 bridgehead atoms. The maximum absolute atomic E-state index is 12.9. The van der Waals surface area contributed by atoms with Crippen LogP contribution in [0.1, 0.15) is 82.6 Å². The van der Waals surface area contributed by atoms with Gasteiger partial charge in [-0.2, -0.15) is 0 Å². The van der Waals surface area contributed by atoms with Gasteiger partial charge in [0.1, 0.15) is 5.75 Å². The summed E-state index contributed by atoms with van der Waals surface area (Å²) in [7, 11) is 0. The molecule has 0 amide bonds. The molecule has 5 heteroatoms. The Morgan fingerprint density at radius 3 is 2.32 bits per heavy atom. The van der Waals surface area contributed by atoms with Gasteiger partial charge in [-0.05, 0) is 52.5 Å². The van der Waals surface area contributed by atoms with Crippen LogP contribution in [-0.4, -0.2) is 22.0 Å². The van der Waals surface area contributed by atoms with Gasteiger partial charge >= 0.3 is 5.97 Å². The van der Waals surface area contributed by atoms with Crippen LogP contribution in [0.2, 0.25) is 0 Å². The number of aromatic hydroxyl groups is 2. The molecule has 2 N–H and O–H groups in total. The standard InChI is InChI=1S/C23H32O5/c1-6-7-8-12-18-22(19(25)13-16(4)11-9-10-15(2)3)20(26)14-21(27)23(18)28-17(5)24/h10,13-14,26-27H,6-9,11-12H2,1-5H3/b16-13+. The number of benzene rings is 1. The lowest BCUT2D eigenvalue weighted by Gasteiger charge is -2.16. The molecular formula is C23H32O5. The van der Waals surface area contributed by atoms with Crippen molar-refractivity contribution in [1.29, 1.82) is 0 Å². The van der Waals surface area contributed by atoms with Gasteiger partial charge in [0.05, 0.1) is 5.56 Å². The number of ether oxygens (including phenoxy) is 1. The second kappa shape index (κ2) is 11.3. The molecule has 0 spiro atoms. The van der Waals surface area contributed by atoms with Gasteiger partial charge in [-0.1, -0.05) is 37.0 Å². The maximum atomic E-state index is 12.9. The predicted octanol–water partition coefficient (Wildman–Crippen LogP) is 5.63. The molecule has 0 aliphatic rings. The molecule has 0 unspecified atom stereocenters. The van der Waals surface area contributed by atoms with Gasteiger partial charge < -0.3 is 14.9 Å². The van der Waals surface area contributed by atoms with Crippen molar-refractivity contribution in [3.05, 3.63) is 40.5 Å². The maximum Gasteiger partial charge on any atom is 0.308 e. The van der Waals surface area contributed by atoms with Gasteiger partial charge in [-0.15, -0.1) is 0 Å². The van der Waals surface area contributed by atoms with E-state index in [1.807, 2.05) is 20.8 Å². The Bertz CT molecular complexity index is 768. The highest BCUT2D eigenvalue weighted by atomic mass is 16.5. The first kappa shape index (κ1) is 23.5. The molecular weight excluding hydrogens is 356 g/mol. The summed E-state index contributed by atoms with van der Waals surface area (Å²) in [4.78, 5) is 24.4. The number of unbranched alkanes of at least 4 members (excludes halogenated alkanes) is 2. The third-order valence-electron chi connectivity index (χ3n) is 4.33. The van der Waals surface area contributed by atoms with Crippen LogP contribution in [0, 0.1) is 0 Å². The molecule has 0 aromatic heterocycles. The molecule has 0 saturated heterocycles. The molecule has 0 aliphatic heterocycles. The summed E-state index contributed by atoms with van der Waals surface area (Å²) in [5.41, 5.74) is 2.58. The van der Waals surface area contributed by atoms with E-state index in [4.69, 9.17) is 4.74 Å². The first-order valence-electron chi connectivity index (χ1n) is 9.78. The zero-order valence-corrected chi connectivity index (χ0v) is 17.6. The summed E-state index contributed by atoms with van der Waals surface area (Å²) in [6.07, 6.45) is 8.24. The van der Waals surface area contributed by atoms with Gasteiger partial charge in [0, 0.05) is 18.6 Å². The minimum Gasteiger partial charge on any atom is -0.507 e. The van der Waals surface area contributed by atoms with E-state index in [1.54, 1.807) is 0 Å². The Labute approximate surface area is 167 Å². The molecule has 0 radical (unpaired) electrons. The fourth-order valence-corrected chi connectivity index (χ4v) is 2.97. The summed E-state index contributed by atoms with van der Waals surface area (Å²) in [6.45, 7) is 9.21. The van der Waals surface area contributed by atoms with Crippen LogP contribution in [0.3, 0.4) is 0 Å². The van der Waals surface area contributed by atoms with Gasteiger partial charge in [0.25, 0.3) is 0 Å². The first-order chi connectivity index (χ1) is 13.2. The Balaban J connectivity index is 3.31. The quantitative estimate of drug-likeness (QED) is 0.135. The molecule has 0 heterocycles. The van der Waals surface area contributed by atoms with Crippen molar-refractivity contribution in [3.63, 3.8) is 0 Å². The normalized spacial score (nSPS) is 11.2. The van der Waals surface area contributed by atoms with Crippen LogP contribution in [0.25, 0.3) is 0 Å². The number of hydrogen-bond acceptors (Lipinski definition) is 5. The number of allylic oxidation sites excluding steroid dienone is 4. The van der Waals surface area contributed by atoms with E-state index in [0.717, 1.165) is 43.7 Å². The number of ketones is 1. The van der Waals surface area contributed by atoms with Gasteiger partial charge in [0.15, 0.2) is 17.3 Å². The second-order valence-electron chi connectivity index (χ2n) is 7.32. The number of carbonyl (C=O) groups excluding carboxylic acids is 2. The smallest absolute Gasteiger partial charge is 0.308 e. The Kier molecular flexibility index (Phi) is 9.49. The molecule has 0 saturated carbocycles. The molecule has 1 rings (SSSR count). The van der Waals surface area contributed by atoms with Gasteiger partial charge in [-0.3, -0.25) is 9.59 Å². The predicted molar refractivity (Wildman–Crippen MR) is 111 cm³/mol. The minimum atomic E-state index is -0.593. The van der Waals surface area contributed by atoms with Crippen LogP contribution in [0.5, 0.6) is 17.2 Å². The summed E-state index contributed by atoms with van der Waals surface area (Å²) < 4.78 is 5.17. The number of rotatable bonds is 10. The zero-order valence-electron chi connectivity index (χ0n) is 17.6. The molecule has 1 aromatic carbocycles. The SMILES string of the molecule is CCCCCc1c(OC(C)=O)c(O)cc(O)c1C(=O)/C=C(\C)CCC=C(C)C. The average molecular weight is 389 g/mol. The Hall–Kier alpha value is -2.56. The topological polar surface area (TPSA) is 83.8 Å². The molecule has 28 heavy (non-hydrogen) atoms. The molecule has 0 fully saturated rings. The van der Waals surface area contributed by atoms with Crippen molar-refractivity contribution >= 4 is 11.8 Å². The number of esters is 1. The second-order valence-corrected chi connectivity index (χ2v) is 7.32. The van der Waals surface area contributed by atoms with Crippen LogP contribution in [-0.2, 0) is 11.2 Å². The van der Waals surface area contributed by atoms with E-state index in [0.29, 0.717) is 12.0 Å². The average Bonchev–Trinajstić information content (AvgIpc) is 2.57. The van der Waals surface area contributed by atoms with Crippen molar-refractivity contribution in [3.8, 4) is 17.2 Å². The fraction of sp³-hybridized carbons (Fsp3) is 0.478. The van der Waals surface area contributed by atoms with Gasteiger partial charge in [0.2, 0.25) is 0 Å². The van der Waals surface area contributed by atoms with Crippen LogP contribution in [0.4, 0.5) is 0 Å². The summed E-state index contributed by atoms with van der Waals surface area (Å²) in [6, 6.07) is 1.06. The molecule has 5 nitrogen and oxygen atoms in total. The number of phenols is 2. The summed E-state index contributed by atoms with van der Waals surface area (Å²) in [5.74, 6) is -1.64. The van der Waals surface area contributed by atoms with Crippen molar-refractivity contribution in [2.45, 2.75) is 73.1 Å².